The minimum absolute atomic E-state index is 0.0868. The lowest BCUT2D eigenvalue weighted by molar-refractivity contribution is -0.131. The van der Waals surface area contributed by atoms with Gasteiger partial charge in [-0.3, -0.25) is 9.36 Å². The van der Waals surface area contributed by atoms with Crippen LogP contribution in [0, 0.1) is 11.3 Å². The number of nitrogens with zero attached hydrogens (tertiary/aromatic N) is 4. The molecule has 7 nitrogen and oxygen atoms in total. The molecule has 1 aromatic heterocycles. The number of aromatic nitrogens is 3. The Labute approximate surface area is 139 Å². The molecule has 0 spiro atoms. The predicted molar refractivity (Wildman–Crippen MR) is 86.0 cm³/mol. The van der Waals surface area contributed by atoms with E-state index in [4.69, 9.17) is 0 Å². The third-order valence-corrected chi connectivity index (χ3v) is 5.75. The second-order valence-electron chi connectivity index (χ2n) is 6.36. The average molecular weight is 335 g/mol. The van der Waals surface area contributed by atoms with Gasteiger partial charge in [0.2, 0.25) is 5.91 Å². The zero-order chi connectivity index (χ0) is 16.4. The number of hydrogen-bond acceptors (Lipinski definition) is 5. The van der Waals surface area contributed by atoms with Crippen LogP contribution in [0.25, 0.3) is 0 Å². The van der Waals surface area contributed by atoms with E-state index < -0.39 is 5.54 Å². The molecule has 2 saturated carbocycles. The molecule has 0 radical (unpaired) electrons. The number of H-pyrrole nitrogens is 1. The Morgan fingerprint density at radius 1 is 1.48 bits per heavy atom. The molecule has 1 amide bonds. The van der Waals surface area contributed by atoms with Gasteiger partial charge in [-0.15, -0.1) is 5.10 Å². The zero-order valence-corrected chi connectivity index (χ0v) is 14.1. The van der Waals surface area contributed by atoms with Crippen LogP contribution in [-0.2, 0) is 4.79 Å². The monoisotopic (exact) mass is 335 g/mol. The van der Waals surface area contributed by atoms with E-state index in [-0.39, 0.29) is 23.4 Å². The van der Waals surface area contributed by atoms with E-state index >= 15 is 0 Å². The molecule has 1 N–H and O–H groups in total. The lowest BCUT2D eigenvalue weighted by Gasteiger charge is -2.39. The molecular formula is C15H21N5O2S. The van der Waals surface area contributed by atoms with Gasteiger partial charge in [-0.2, -0.15) is 5.26 Å². The summed E-state index contributed by atoms with van der Waals surface area (Å²) in [5.41, 5.74) is -0.881. The van der Waals surface area contributed by atoms with Crippen molar-refractivity contribution in [3.05, 3.63) is 10.5 Å². The maximum atomic E-state index is 12.5. The van der Waals surface area contributed by atoms with Crippen molar-refractivity contribution in [1.29, 1.82) is 5.26 Å². The van der Waals surface area contributed by atoms with Crippen molar-refractivity contribution in [2.45, 2.75) is 61.7 Å². The van der Waals surface area contributed by atoms with Crippen molar-refractivity contribution >= 4 is 17.7 Å². The van der Waals surface area contributed by atoms with Gasteiger partial charge in [0, 0.05) is 13.1 Å². The summed E-state index contributed by atoms with van der Waals surface area (Å²) in [7, 11) is 1.72. The average Bonchev–Trinajstić information content (AvgIpc) is 3.35. The highest BCUT2D eigenvalue weighted by atomic mass is 32.2. The molecule has 0 bridgehead atoms. The number of rotatable bonds is 5. The number of thioether (sulfide) groups is 1. The largest absolute Gasteiger partial charge is 0.344 e. The second kappa shape index (κ2) is 6.40. The van der Waals surface area contributed by atoms with Gasteiger partial charge in [0.1, 0.15) is 5.54 Å². The highest BCUT2D eigenvalue weighted by molar-refractivity contribution is 7.99. The zero-order valence-electron chi connectivity index (χ0n) is 13.2. The Kier molecular flexibility index (Phi) is 4.48. The van der Waals surface area contributed by atoms with Crippen LogP contribution in [0.5, 0.6) is 0 Å². The standard InChI is InChI=1S/C15H21N5O2S/c1-19(15(10-16)7-3-2-4-8-15)12(21)9-23-14-18-17-13(22)20(14)11-5-6-11/h11H,2-9H2,1H3,(H,17,22). The molecule has 0 aliphatic heterocycles. The van der Waals surface area contributed by atoms with Crippen LogP contribution in [0.2, 0.25) is 0 Å². The first-order valence-corrected chi connectivity index (χ1v) is 9.03. The van der Waals surface area contributed by atoms with Crippen LogP contribution in [0.4, 0.5) is 0 Å². The van der Waals surface area contributed by atoms with Crippen molar-refractivity contribution in [3.8, 4) is 6.07 Å². The summed E-state index contributed by atoms with van der Waals surface area (Å²) < 4.78 is 1.64. The summed E-state index contributed by atoms with van der Waals surface area (Å²) in [6.45, 7) is 0. The molecule has 8 heteroatoms. The first-order valence-electron chi connectivity index (χ1n) is 8.05. The maximum absolute atomic E-state index is 12.5. The van der Waals surface area contributed by atoms with Gasteiger partial charge in [0.05, 0.1) is 11.8 Å². The van der Waals surface area contributed by atoms with E-state index in [1.54, 1.807) is 16.5 Å². The van der Waals surface area contributed by atoms with Crippen LogP contribution >= 0.6 is 11.8 Å². The number of aromatic amines is 1. The molecule has 0 aromatic carbocycles. The Hall–Kier alpha value is -1.75. The topological polar surface area (TPSA) is 94.8 Å². The summed E-state index contributed by atoms with van der Waals surface area (Å²) in [6.07, 6.45) is 6.55. The van der Waals surface area contributed by atoms with Crippen molar-refractivity contribution in [2.75, 3.05) is 12.8 Å². The van der Waals surface area contributed by atoms with Crippen LogP contribution in [-0.4, -0.2) is 43.9 Å². The molecule has 0 saturated heterocycles. The van der Waals surface area contributed by atoms with Gasteiger partial charge in [0.15, 0.2) is 5.16 Å². The first-order chi connectivity index (χ1) is 11.1. The molecule has 1 aromatic rings. The summed E-state index contributed by atoms with van der Waals surface area (Å²) in [5, 5.41) is 16.6. The molecule has 0 atom stereocenters. The van der Waals surface area contributed by atoms with Crippen molar-refractivity contribution in [2.24, 2.45) is 0 Å². The Bertz CT molecular complexity index is 679. The third kappa shape index (κ3) is 3.15. The Morgan fingerprint density at radius 2 is 2.17 bits per heavy atom. The molecule has 124 valence electrons. The summed E-state index contributed by atoms with van der Waals surface area (Å²) in [6, 6.07) is 2.58. The lowest BCUT2D eigenvalue weighted by Crippen LogP contribution is -2.50. The molecule has 2 aliphatic carbocycles. The smallest absolute Gasteiger partial charge is 0.326 e. The molecular weight excluding hydrogens is 314 g/mol. The summed E-state index contributed by atoms with van der Waals surface area (Å²) >= 11 is 1.27. The minimum atomic E-state index is -0.669. The molecule has 2 aliphatic rings. The molecule has 2 fully saturated rings. The van der Waals surface area contributed by atoms with Crippen LogP contribution in [0.15, 0.2) is 9.95 Å². The minimum Gasteiger partial charge on any atom is -0.326 e. The third-order valence-electron chi connectivity index (χ3n) is 4.81. The van der Waals surface area contributed by atoms with Gasteiger partial charge < -0.3 is 4.90 Å². The predicted octanol–water partition coefficient (Wildman–Crippen LogP) is 1.68. The van der Waals surface area contributed by atoms with Gasteiger partial charge in [-0.25, -0.2) is 9.89 Å². The van der Waals surface area contributed by atoms with Crippen LogP contribution in [0.1, 0.15) is 51.0 Å². The van der Waals surface area contributed by atoms with E-state index in [0.717, 1.165) is 44.9 Å². The summed E-state index contributed by atoms with van der Waals surface area (Å²) in [5.74, 6) is 0.105. The number of nitrogens with one attached hydrogen (secondary N) is 1. The normalized spacial score (nSPS) is 20.0. The number of hydrogen-bond donors (Lipinski definition) is 1. The SMILES string of the molecule is CN(C(=O)CSc1n[nH]c(=O)n1C1CC1)C1(C#N)CCCCC1. The van der Waals surface area contributed by atoms with E-state index in [1.165, 1.54) is 11.8 Å². The number of carbonyl (C=O) groups is 1. The first kappa shape index (κ1) is 16.1. The van der Waals surface area contributed by atoms with Crippen LogP contribution in [0.3, 0.4) is 0 Å². The quantitative estimate of drug-likeness (QED) is 0.826. The lowest BCUT2D eigenvalue weighted by atomic mass is 9.81. The fourth-order valence-electron chi connectivity index (χ4n) is 3.17. The molecule has 3 rings (SSSR count). The van der Waals surface area contributed by atoms with Crippen molar-refractivity contribution in [1.82, 2.24) is 19.7 Å². The van der Waals surface area contributed by atoms with Gasteiger partial charge in [-0.1, -0.05) is 31.0 Å². The van der Waals surface area contributed by atoms with Gasteiger partial charge >= 0.3 is 5.69 Å². The summed E-state index contributed by atoms with van der Waals surface area (Å²) in [4.78, 5) is 25.9. The van der Waals surface area contributed by atoms with E-state index in [9.17, 15) is 14.9 Å². The fourth-order valence-corrected chi connectivity index (χ4v) is 4.09. The molecule has 23 heavy (non-hydrogen) atoms. The van der Waals surface area contributed by atoms with Crippen molar-refractivity contribution in [3.63, 3.8) is 0 Å². The Morgan fingerprint density at radius 3 is 2.78 bits per heavy atom. The number of amides is 1. The molecule has 0 unspecified atom stereocenters. The molecule has 1 heterocycles. The number of carbonyl (C=O) groups excluding carboxylic acids is 1. The highest BCUT2D eigenvalue weighted by Crippen LogP contribution is 2.36. The van der Waals surface area contributed by atoms with Crippen LogP contribution < -0.4 is 5.69 Å². The maximum Gasteiger partial charge on any atom is 0.344 e. The van der Waals surface area contributed by atoms with Crippen molar-refractivity contribution < 1.29 is 4.79 Å². The van der Waals surface area contributed by atoms with Gasteiger partial charge in [0.25, 0.3) is 0 Å². The van der Waals surface area contributed by atoms with E-state index in [2.05, 4.69) is 16.3 Å². The van der Waals surface area contributed by atoms with E-state index in [0.29, 0.717) is 5.16 Å². The fraction of sp³-hybridized carbons (Fsp3) is 0.733. The van der Waals surface area contributed by atoms with E-state index in [1.807, 2.05) is 0 Å². The second-order valence-corrected chi connectivity index (χ2v) is 7.30. The Balaban J connectivity index is 1.65. The van der Waals surface area contributed by atoms with Gasteiger partial charge in [-0.05, 0) is 25.7 Å². The number of nitriles is 1. The highest BCUT2D eigenvalue weighted by Gasteiger charge is 2.39.